The van der Waals surface area contributed by atoms with Crippen molar-refractivity contribution in [1.82, 2.24) is 10.2 Å². The smallest absolute Gasteiger partial charge is 0.234 e. The zero-order valence-corrected chi connectivity index (χ0v) is 18.3. The molecule has 0 saturated carbocycles. The lowest BCUT2D eigenvalue weighted by atomic mass is 10.1. The van der Waals surface area contributed by atoms with Crippen LogP contribution < -0.4 is 10.1 Å². The second-order valence-electron chi connectivity index (χ2n) is 6.56. The number of carbonyl (C=O) groups excluding carboxylic acids is 1. The molecule has 0 aliphatic heterocycles. The van der Waals surface area contributed by atoms with E-state index in [0.717, 1.165) is 26.2 Å². The van der Waals surface area contributed by atoms with Crippen molar-refractivity contribution in [1.29, 1.82) is 0 Å². The van der Waals surface area contributed by atoms with Crippen molar-refractivity contribution in [3.8, 4) is 5.75 Å². The van der Waals surface area contributed by atoms with Crippen LogP contribution in [-0.4, -0.2) is 31.5 Å². The molecule has 28 heavy (non-hydrogen) atoms. The number of hydrogen-bond donors (Lipinski definition) is 1. The second kappa shape index (κ2) is 9.87. The van der Waals surface area contributed by atoms with Crippen molar-refractivity contribution in [2.75, 3.05) is 20.7 Å². The number of nitrogens with zero attached hydrogens (tertiary/aromatic N) is 1. The summed E-state index contributed by atoms with van der Waals surface area (Å²) in [5.41, 5.74) is 2.11. The van der Waals surface area contributed by atoms with Crippen molar-refractivity contribution in [3.05, 3.63) is 86.5 Å². The summed E-state index contributed by atoms with van der Waals surface area (Å²) in [6.45, 7) is 0.912. The van der Waals surface area contributed by atoms with Gasteiger partial charge in [-0.1, -0.05) is 52.3 Å². The van der Waals surface area contributed by atoms with Crippen LogP contribution in [0.2, 0.25) is 0 Å². The molecule has 0 aliphatic carbocycles. The number of amides is 1. The van der Waals surface area contributed by atoms with Crippen LogP contribution in [0.4, 0.5) is 0 Å². The van der Waals surface area contributed by atoms with Gasteiger partial charge in [0.25, 0.3) is 0 Å². The van der Waals surface area contributed by atoms with E-state index >= 15 is 0 Å². The number of likely N-dealkylation sites (N-methyl/N-ethyl adjacent to an activating group) is 1. The van der Waals surface area contributed by atoms with E-state index in [1.54, 1.807) is 18.4 Å². The number of benzene rings is 2. The number of nitrogens with one attached hydrogen (secondary N) is 1. The molecule has 4 nitrogen and oxygen atoms in total. The van der Waals surface area contributed by atoms with Crippen LogP contribution >= 0.6 is 27.3 Å². The van der Waals surface area contributed by atoms with E-state index in [9.17, 15) is 4.79 Å². The van der Waals surface area contributed by atoms with Crippen LogP contribution in [0.5, 0.6) is 5.75 Å². The molecule has 0 spiro atoms. The Morgan fingerprint density at radius 3 is 2.64 bits per heavy atom. The van der Waals surface area contributed by atoms with Gasteiger partial charge in [0.2, 0.25) is 5.91 Å². The molecule has 1 amide bonds. The molecular weight excluding hydrogens is 436 g/mol. The van der Waals surface area contributed by atoms with Gasteiger partial charge in [0.1, 0.15) is 5.75 Å². The van der Waals surface area contributed by atoms with Gasteiger partial charge in [-0.05, 0) is 42.3 Å². The van der Waals surface area contributed by atoms with Crippen molar-refractivity contribution < 1.29 is 9.53 Å². The molecule has 6 heteroatoms. The predicted octanol–water partition coefficient (Wildman–Crippen LogP) is 4.86. The van der Waals surface area contributed by atoms with Crippen LogP contribution in [0.3, 0.4) is 0 Å². The highest BCUT2D eigenvalue weighted by Crippen LogP contribution is 2.26. The number of carbonyl (C=O) groups is 1. The van der Waals surface area contributed by atoms with Crippen molar-refractivity contribution in [2.45, 2.75) is 12.6 Å². The van der Waals surface area contributed by atoms with Crippen LogP contribution in [0.15, 0.2) is 70.5 Å². The molecule has 3 aromatic rings. The molecule has 1 unspecified atom stereocenters. The van der Waals surface area contributed by atoms with E-state index < -0.39 is 0 Å². The topological polar surface area (TPSA) is 41.6 Å². The summed E-state index contributed by atoms with van der Waals surface area (Å²) in [6.07, 6.45) is 0. The molecule has 1 aromatic heterocycles. The first-order chi connectivity index (χ1) is 13.6. The second-order valence-corrected chi connectivity index (χ2v) is 8.45. The van der Waals surface area contributed by atoms with Crippen LogP contribution in [0.25, 0.3) is 0 Å². The third kappa shape index (κ3) is 5.44. The maximum atomic E-state index is 12.8. The zero-order valence-electron chi connectivity index (χ0n) is 15.9. The minimum atomic E-state index is -0.137. The van der Waals surface area contributed by atoms with E-state index in [4.69, 9.17) is 4.74 Å². The number of thiophene rings is 1. The van der Waals surface area contributed by atoms with Gasteiger partial charge in [-0.25, -0.2) is 0 Å². The fraction of sp³-hybridized carbons (Fsp3) is 0.227. The average molecular weight is 459 g/mol. The molecule has 1 N–H and O–H groups in total. The minimum Gasteiger partial charge on any atom is -0.496 e. The number of hydrogen-bond acceptors (Lipinski definition) is 4. The maximum absolute atomic E-state index is 12.8. The van der Waals surface area contributed by atoms with Gasteiger partial charge >= 0.3 is 0 Å². The van der Waals surface area contributed by atoms with Crippen molar-refractivity contribution in [2.24, 2.45) is 0 Å². The summed E-state index contributed by atoms with van der Waals surface area (Å²) in [7, 11) is 3.59. The number of ether oxygens (including phenoxy) is 1. The first-order valence-corrected chi connectivity index (χ1v) is 10.6. The Bertz CT molecular complexity index is 900. The first kappa shape index (κ1) is 20.6. The normalized spacial score (nSPS) is 12.0. The summed E-state index contributed by atoms with van der Waals surface area (Å²) in [4.78, 5) is 15.9. The van der Waals surface area contributed by atoms with Gasteiger partial charge in [0, 0.05) is 21.5 Å². The first-order valence-electron chi connectivity index (χ1n) is 8.95. The third-order valence-corrected chi connectivity index (χ3v) is 5.79. The lowest BCUT2D eigenvalue weighted by Crippen LogP contribution is -2.37. The Labute approximate surface area is 178 Å². The van der Waals surface area contributed by atoms with E-state index in [1.807, 2.05) is 71.9 Å². The highest BCUT2D eigenvalue weighted by molar-refractivity contribution is 9.10. The molecular formula is C22H23BrN2O2S. The standard InChI is InChI=1S/C22H23BrN2O2S/c1-25(14-17-13-18(23)10-11-19(17)27-2)15-21(26)24-22(20-9-6-12-28-20)16-7-4-3-5-8-16/h3-13,22H,14-15H2,1-2H3,(H,24,26). The van der Waals surface area contributed by atoms with Crippen LogP contribution in [-0.2, 0) is 11.3 Å². The molecule has 146 valence electrons. The van der Waals surface area contributed by atoms with Gasteiger partial charge in [-0.3, -0.25) is 9.69 Å². The molecule has 0 aliphatic rings. The van der Waals surface area contributed by atoms with Gasteiger partial charge < -0.3 is 10.1 Å². The summed E-state index contributed by atoms with van der Waals surface area (Å²) in [5, 5.41) is 5.21. The van der Waals surface area contributed by atoms with Gasteiger partial charge in [0.05, 0.1) is 19.7 Å². The highest BCUT2D eigenvalue weighted by atomic mass is 79.9. The number of methoxy groups -OCH3 is 1. The van der Waals surface area contributed by atoms with Gasteiger partial charge in [-0.2, -0.15) is 0 Å². The third-order valence-electron chi connectivity index (χ3n) is 4.36. The lowest BCUT2D eigenvalue weighted by Gasteiger charge is -2.22. The number of halogens is 1. The van der Waals surface area contributed by atoms with Crippen molar-refractivity contribution >= 4 is 33.2 Å². The molecule has 0 saturated heterocycles. The Hall–Kier alpha value is -2.15. The summed E-state index contributed by atoms with van der Waals surface area (Å²) >= 11 is 5.14. The van der Waals surface area contributed by atoms with Gasteiger partial charge in [-0.15, -0.1) is 11.3 Å². The highest BCUT2D eigenvalue weighted by Gasteiger charge is 2.19. The molecule has 3 rings (SSSR count). The van der Waals surface area contributed by atoms with E-state index in [2.05, 4.69) is 27.3 Å². The Balaban J connectivity index is 1.67. The number of rotatable bonds is 8. The zero-order chi connectivity index (χ0) is 19.9. The Kier molecular flexibility index (Phi) is 7.25. The monoisotopic (exact) mass is 458 g/mol. The average Bonchev–Trinajstić information content (AvgIpc) is 3.21. The minimum absolute atomic E-state index is 0.0151. The van der Waals surface area contributed by atoms with Crippen molar-refractivity contribution in [3.63, 3.8) is 0 Å². The van der Waals surface area contributed by atoms with E-state index in [1.165, 1.54) is 0 Å². The Morgan fingerprint density at radius 1 is 1.18 bits per heavy atom. The molecule has 0 fully saturated rings. The van der Waals surface area contributed by atoms with Crippen LogP contribution in [0, 0.1) is 0 Å². The fourth-order valence-electron chi connectivity index (χ4n) is 3.09. The van der Waals surface area contributed by atoms with E-state index in [0.29, 0.717) is 13.1 Å². The predicted molar refractivity (Wildman–Crippen MR) is 118 cm³/mol. The molecule has 0 radical (unpaired) electrons. The SMILES string of the molecule is COc1ccc(Br)cc1CN(C)CC(=O)NC(c1ccccc1)c1cccs1. The Morgan fingerprint density at radius 2 is 1.96 bits per heavy atom. The quantitative estimate of drug-likeness (QED) is 0.524. The molecule has 1 atom stereocenters. The van der Waals surface area contributed by atoms with Gasteiger partial charge in [0.15, 0.2) is 0 Å². The summed E-state index contributed by atoms with van der Waals surface area (Å²) in [5.74, 6) is 0.801. The van der Waals surface area contributed by atoms with E-state index in [-0.39, 0.29) is 11.9 Å². The fourth-order valence-corrected chi connectivity index (χ4v) is 4.30. The largest absolute Gasteiger partial charge is 0.496 e. The van der Waals surface area contributed by atoms with Crippen LogP contribution in [0.1, 0.15) is 22.0 Å². The molecule has 2 aromatic carbocycles. The summed E-state index contributed by atoms with van der Waals surface area (Å²) < 4.78 is 6.42. The lowest BCUT2D eigenvalue weighted by molar-refractivity contribution is -0.122. The maximum Gasteiger partial charge on any atom is 0.234 e. The molecule has 0 bridgehead atoms. The summed E-state index contributed by atoms with van der Waals surface area (Å²) in [6, 6.07) is 19.9. The molecule has 1 heterocycles.